The number of hydrogen-bond donors (Lipinski definition) is 0. The van der Waals surface area contributed by atoms with E-state index in [4.69, 9.17) is 9.26 Å². The number of para-hydroxylation sites is 2. The molecule has 0 unspecified atom stereocenters. The fourth-order valence-electron chi connectivity index (χ4n) is 3.51. The summed E-state index contributed by atoms with van der Waals surface area (Å²) in [6.07, 6.45) is 0.635. The zero-order chi connectivity index (χ0) is 23.2. The van der Waals surface area contributed by atoms with Gasteiger partial charge in [0.05, 0.1) is 5.75 Å². The summed E-state index contributed by atoms with van der Waals surface area (Å²) in [7, 11) is 0. The van der Waals surface area contributed by atoms with Gasteiger partial charge in [0.2, 0.25) is 5.89 Å². The fourth-order valence-corrected chi connectivity index (χ4v) is 4.32. The van der Waals surface area contributed by atoms with Crippen molar-refractivity contribution in [3.8, 4) is 11.4 Å². The van der Waals surface area contributed by atoms with E-state index in [1.165, 1.54) is 11.8 Å². The number of nitrogens with zero attached hydrogens (tertiary/aromatic N) is 5. The summed E-state index contributed by atoms with van der Waals surface area (Å²) in [5, 5.41) is 13.7. The van der Waals surface area contributed by atoms with Gasteiger partial charge in [0.25, 0.3) is 0 Å². The van der Waals surface area contributed by atoms with E-state index >= 15 is 0 Å². The first kappa shape index (κ1) is 21.9. The van der Waals surface area contributed by atoms with Crippen molar-refractivity contribution in [2.45, 2.75) is 30.9 Å². The molecule has 2 aromatic heterocycles. The molecule has 0 N–H and O–H groups in total. The second kappa shape index (κ2) is 10.4. The van der Waals surface area contributed by atoms with E-state index < -0.39 is 0 Å². The molecular formula is C26H23N5O2S. The number of ether oxygens (including phenoxy) is 1. The summed E-state index contributed by atoms with van der Waals surface area (Å²) in [6.45, 7) is 2.32. The van der Waals surface area contributed by atoms with Crippen molar-refractivity contribution in [3.05, 3.63) is 114 Å². The smallest absolute Gasteiger partial charge is 0.237 e. The highest BCUT2D eigenvalue weighted by atomic mass is 32.2. The number of hydrogen-bond acceptors (Lipinski definition) is 7. The molecule has 0 fully saturated rings. The first-order valence-electron chi connectivity index (χ1n) is 10.9. The molecule has 0 amide bonds. The average molecular weight is 470 g/mol. The van der Waals surface area contributed by atoms with Crippen LogP contribution in [0.15, 0.2) is 94.6 Å². The molecule has 0 aliphatic heterocycles. The van der Waals surface area contributed by atoms with Crippen LogP contribution >= 0.6 is 11.8 Å². The second-order valence-corrected chi connectivity index (χ2v) is 8.62. The summed E-state index contributed by atoms with van der Waals surface area (Å²) in [6, 6.07) is 28.0. The van der Waals surface area contributed by atoms with Gasteiger partial charge in [-0.1, -0.05) is 83.6 Å². The molecule has 0 spiro atoms. The van der Waals surface area contributed by atoms with Crippen molar-refractivity contribution in [1.82, 2.24) is 24.9 Å². The van der Waals surface area contributed by atoms with Gasteiger partial charge in [0.15, 0.2) is 16.8 Å². The van der Waals surface area contributed by atoms with Crippen LogP contribution in [-0.2, 0) is 18.8 Å². The molecule has 0 bridgehead atoms. The van der Waals surface area contributed by atoms with E-state index in [0.717, 1.165) is 27.7 Å². The van der Waals surface area contributed by atoms with Crippen LogP contribution in [0.25, 0.3) is 5.69 Å². The Balaban J connectivity index is 1.32. The number of aromatic nitrogens is 5. The Morgan fingerprint density at radius 1 is 0.882 bits per heavy atom. The first-order chi connectivity index (χ1) is 16.8. The van der Waals surface area contributed by atoms with Crippen LogP contribution in [0.3, 0.4) is 0 Å². The first-order valence-corrected chi connectivity index (χ1v) is 11.9. The molecule has 8 heteroatoms. The van der Waals surface area contributed by atoms with Crippen molar-refractivity contribution >= 4 is 11.8 Å². The van der Waals surface area contributed by atoms with Gasteiger partial charge >= 0.3 is 0 Å². The molecule has 170 valence electrons. The molecule has 0 radical (unpaired) electrons. The van der Waals surface area contributed by atoms with Crippen molar-refractivity contribution in [2.75, 3.05) is 0 Å². The van der Waals surface area contributed by atoms with Gasteiger partial charge in [-0.15, -0.1) is 10.2 Å². The molecule has 0 saturated heterocycles. The van der Waals surface area contributed by atoms with Crippen LogP contribution in [0.1, 0.15) is 28.7 Å². The molecule has 5 aromatic rings. The molecule has 7 nitrogen and oxygen atoms in total. The highest BCUT2D eigenvalue weighted by Crippen LogP contribution is 2.26. The number of aryl methyl sites for hydroxylation is 1. The Morgan fingerprint density at radius 2 is 1.62 bits per heavy atom. The zero-order valence-electron chi connectivity index (χ0n) is 18.7. The standard InChI is InChI=1S/C26H23N5O2S/c1-19-10-8-9-15-22(19)32-17-24-28-29-26(31(24)21-13-6-3-7-14-21)34-18-25-27-23(30-33-25)16-20-11-4-2-5-12-20/h2-15H,16-18H2,1H3. The molecule has 0 aliphatic rings. The Kier molecular flexibility index (Phi) is 6.67. The SMILES string of the molecule is Cc1ccccc1OCc1nnc(SCc2nc(Cc3ccccc3)no2)n1-c1ccccc1. The maximum Gasteiger partial charge on any atom is 0.237 e. The van der Waals surface area contributed by atoms with E-state index in [2.05, 4.69) is 20.3 Å². The molecule has 5 rings (SSSR count). The molecule has 0 atom stereocenters. The lowest BCUT2D eigenvalue weighted by Gasteiger charge is -2.11. The zero-order valence-corrected chi connectivity index (χ0v) is 19.5. The predicted molar refractivity (Wildman–Crippen MR) is 130 cm³/mol. The quantitative estimate of drug-likeness (QED) is 0.267. The van der Waals surface area contributed by atoms with Gasteiger partial charge in [-0.3, -0.25) is 4.57 Å². The molecule has 0 aliphatic carbocycles. The number of thioether (sulfide) groups is 1. The summed E-state index contributed by atoms with van der Waals surface area (Å²) >= 11 is 1.50. The van der Waals surface area contributed by atoms with Crippen LogP contribution < -0.4 is 4.74 Å². The minimum atomic E-state index is 0.301. The molecule has 34 heavy (non-hydrogen) atoms. The maximum atomic E-state index is 6.05. The lowest BCUT2D eigenvalue weighted by atomic mass is 10.1. The summed E-state index contributed by atoms with van der Waals surface area (Å²) in [5.41, 5.74) is 3.18. The van der Waals surface area contributed by atoms with Crippen LogP contribution in [0.5, 0.6) is 5.75 Å². The molecule has 3 aromatic carbocycles. The summed E-state index contributed by atoms with van der Waals surface area (Å²) in [4.78, 5) is 4.53. The highest BCUT2D eigenvalue weighted by Gasteiger charge is 2.17. The van der Waals surface area contributed by atoms with Crippen molar-refractivity contribution < 1.29 is 9.26 Å². The third-order valence-corrected chi connectivity index (χ3v) is 6.12. The normalized spacial score (nSPS) is 11.0. The van der Waals surface area contributed by atoms with Crippen LogP contribution in [0.2, 0.25) is 0 Å². The van der Waals surface area contributed by atoms with Gasteiger partial charge < -0.3 is 9.26 Å². The topological polar surface area (TPSA) is 78.9 Å². The Bertz CT molecular complexity index is 1350. The highest BCUT2D eigenvalue weighted by molar-refractivity contribution is 7.98. The molecule has 2 heterocycles. The summed E-state index contributed by atoms with van der Waals surface area (Å²) in [5.74, 6) is 3.25. The van der Waals surface area contributed by atoms with Crippen LogP contribution in [0.4, 0.5) is 0 Å². The lowest BCUT2D eigenvalue weighted by molar-refractivity contribution is 0.291. The van der Waals surface area contributed by atoms with E-state index in [-0.39, 0.29) is 0 Å². The van der Waals surface area contributed by atoms with Gasteiger partial charge in [-0.05, 0) is 36.2 Å². The van der Waals surface area contributed by atoms with E-state index in [0.29, 0.717) is 36.3 Å². The van der Waals surface area contributed by atoms with E-state index in [1.807, 2.05) is 96.4 Å². The Morgan fingerprint density at radius 3 is 2.41 bits per heavy atom. The van der Waals surface area contributed by atoms with Crippen molar-refractivity contribution in [1.29, 1.82) is 0 Å². The number of rotatable bonds is 9. The van der Waals surface area contributed by atoms with Crippen molar-refractivity contribution in [3.63, 3.8) is 0 Å². The van der Waals surface area contributed by atoms with Crippen molar-refractivity contribution in [2.24, 2.45) is 0 Å². The minimum absolute atomic E-state index is 0.301. The minimum Gasteiger partial charge on any atom is -0.485 e. The number of benzene rings is 3. The molecular weight excluding hydrogens is 446 g/mol. The average Bonchev–Trinajstić information content (AvgIpc) is 3.50. The van der Waals surface area contributed by atoms with Gasteiger partial charge in [0.1, 0.15) is 12.4 Å². The van der Waals surface area contributed by atoms with Crippen LogP contribution in [-0.4, -0.2) is 24.9 Å². The van der Waals surface area contributed by atoms with Crippen LogP contribution in [0, 0.1) is 6.92 Å². The van der Waals surface area contributed by atoms with E-state index in [9.17, 15) is 0 Å². The maximum absolute atomic E-state index is 6.05. The Labute approximate surface area is 201 Å². The fraction of sp³-hybridized carbons (Fsp3) is 0.154. The van der Waals surface area contributed by atoms with Gasteiger partial charge in [-0.2, -0.15) is 4.98 Å². The Hall–Kier alpha value is -3.91. The van der Waals surface area contributed by atoms with Gasteiger partial charge in [-0.25, -0.2) is 0 Å². The molecule has 0 saturated carbocycles. The summed E-state index contributed by atoms with van der Waals surface area (Å²) < 4.78 is 13.5. The largest absolute Gasteiger partial charge is 0.485 e. The third kappa shape index (κ3) is 5.18. The third-order valence-electron chi connectivity index (χ3n) is 5.21. The second-order valence-electron chi connectivity index (χ2n) is 7.68. The monoisotopic (exact) mass is 469 g/mol. The predicted octanol–water partition coefficient (Wildman–Crippen LogP) is 5.42. The van der Waals surface area contributed by atoms with Gasteiger partial charge in [0, 0.05) is 12.1 Å². The van der Waals surface area contributed by atoms with E-state index in [1.54, 1.807) is 0 Å². The lowest BCUT2D eigenvalue weighted by Crippen LogP contribution is -2.07.